The summed E-state index contributed by atoms with van der Waals surface area (Å²) in [5.41, 5.74) is 3.07. The highest BCUT2D eigenvalue weighted by Crippen LogP contribution is 2.14. The lowest BCUT2D eigenvalue weighted by atomic mass is 10.1. The van der Waals surface area contributed by atoms with Crippen LogP contribution >= 0.6 is 11.6 Å². The number of anilines is 2. The first kappa shape index (κ1) is 16.2. The summed E-state index contributed by atoms with van der Waals surface area (Å²) >= 11 is 5.80. The Bertz CT molecular complexity index is 626. The molecule has 0 bridgehead atoms. The van der Waals surface area contributed by atoms with Crippen molar-refractivity contribution in [3.05, 3.63) is 59.1 Å². The second kappa shape index (κ2) is 7.71. The molecule has 0 spiro atoms. The quantitative estimate of drug-likeness (QED) is 0.881. The molecule has 116 valence electrons. The molecule has 0 heterocycles. The van der Waals surface area contributed by atoms with Crippen molar-refractivity contribution in [1.82, 2.24) is 5.32 Å². The van der Waals surface area contributed by atoms with Gasteiger partial charge in [-0.3, -0.25) is 0 Å². The van der Waals surface area contributed by atoms with Gasteiger partial charge in [-0.2, -0.15) is 0 Å². The summed E-state index contributed by atoms with van der Waals surface area (Å²) < 4.78 is 0. The molecular weight excluding hydrogens is 298 g/mol. The summed E-state index contributed by atoms with van der Waals surface area (Å²) in [6.07, 6.45) is 0.787. The fourth-order valence-electron chi connectivity index (χ4n) is 2.02. The molecule has 2 aromatic rings. The van der Waals surface area contributed by atoms with Crippen molar-refractivity contribution in [1.29, 1.82) is 0 Å². The van der Waals surface area contributed by atoms with E-state index in [1.807, 2.05) is 20.2 Å². The second-order valence-electron chi connectivity index (χ2n) is 5.20. The van der Waals surface area contributed by atoms with Gasteiger partial charge in [0, 0.05) is 37.0 Å². The van der Waals surface area contributed by atoms with Gasteiger partial charge in [0.15, 0.2) is 0 Å². The van der Waals surface area contributed by atoms with Crippen molar-refractivity contribution in [3.8, 4) is 0 Å². The number of hydrogen-bond acceptors (Lipinski definition) is 2. The van der Waals surface area contributed by atoms with Crippen LogP contribution in [0.25, 0.3) is 0 Å². The Morgan fingerprint density at radius 3 is 2.55 bits per heavy atom. The van der Waals surface area contributed by atoms with E-state index in [4.69, 9.17) is 11.6 Å². The van der Waals surface area contributed by atoms with Crippen LogP contribution in [0.5, 0.6) is 0 Å². The van der Waals surface area contributed by atoms with Gasteiger partial charge in [-0.05, 0) is 48.4 Å². The van der Waals surface area contributed by atoms with E-state index in [1.165, 1.54) is 5.56 Å². The Labute approximate surface area is 136 Å². The van der Waals surface area contributed by atoms with Crippen molar-refractivity contribution in [2.75, 3.05) is 30.9 Å². The van der Waals surface area contributed by atoms with E-state index < -0.39 is 0 Å². The summed E-state index contributed by atoms with van der Waals surface area (Å²) in [6, 6.07) is 15.1. The average Bonchev–Trinajstić information content (AvgIpc) is 2.50. The van der Waals surface area contributed by atoms with Crippen molar-refractivity contribution < 1.29 is 4.79 Å². The lowest BCUT2D eigenvalue weighted by Gasteiger charge is -2.13. The number of halogens is 1. The Morgan fingerprint density at radius 1 is 1.14 bits per heavy atom. The van der Waals surface area contributed by atoms with Gasteiger partial charge in [0.05, 0.1) is 0 Å². The number of amides is 2. The molecule has 0 aliphatic rings. The first-order valence-corrected chi connectivity index (χ1v) is 7.49. The Balaban J connectivity index is 1.79. The largest absolute Gasteiger partial charge is 0.378 e. The number of carbonyl (C=O) groups is 1. The lowest BCUT2D eigenvalue weighted by Crippen LogP contribution is -2.30. The molecule has 5 heteroatoms. The van der Waals surface area contributed by atoms with Crippen molar-refractivity contribution in [2.45, 2.75) is 6.42 Å². The molecule has 0 saturated carbocycles. The molecular formula is C17H20ClN3O. The van der Waals surface area contributed by atoms with Gasteiger partial charge >= 0.3 is 6.03 Å². The predicted molar refractivity (Wildman–Crippen MR) is 92.9 cm³/mol. The summed E-state index contributed by atoms with van der Waals surface area (Å²) in [5.74, 6) is 0. The summed E-state index contributed by atoms with van der Waals surface area (Å²) in [7, 11) is 4.02. The molecule has 2 rings (SSSR count). The zero-order valence-corrected chi connectivity index (χ0v) is 13.5. The zero-order valence-electron chi connectivity index (χ0n) is 12.8. The van der Waals surface area contributed by atoms with Gasteiger partial charge in [-0.1, -0.05) is 23.7 Å². The van der Waals surface area contributed by atoms with E-state index in [-0.39, 0.29) is 6.03 Å². The van der Waals surface area contributed by atoms with Gasteiger partial charge in [0.25, 0.3) is 0 Å². The van der Waals surface area contributed by atoms with Crippen LogP contribution in [0.15, 0.2) is 48.5 Å². The van der Waals surface area contributed by atoms with Crippen LogP contribution in [0.1, 0.15) is 5.56 Å². The van der Waals surface area contributed by atoms with Crippen LogP contribution in [0, 0.1) is 0 Å². The molecule has 0 aromatic heterocycles. The lowest BCUT2D eigenvalue weighted by molar-refractivity contribution is 0.252. The van der Waals surface area contributed by atoms with Crippen LogP contribution in [0.2, 0.25) is 5.02 Å². The van der Waals surface area contributed by atoms with Gasteiger partial charge in [-0.25, -0.2) is 4.79 Å². The van der Waals surface area contributed by atoms with Gasteiger partial charge in [-0.15, -0.1) is 0 Å². The molecule has 22 heavy (non-hydrogen) atoms. The van der Waals surface area contributed by atoms with Crippen LogP contribution < -0.4 is 15.5 Å². The Kier molecular flexibility index (Phi) is 5.67. The highest BCUT2D eigenvalue weighted by Gasteiger charge is 2.02. The highest BCUT2D eigenvalue weighted by atomic mass is 35.5. The maximum absolute atomic E-state index is 11.8. The smallest absolute Gasteiger partial charge is 0.319 e. The molecule has 4 nitrogen and oxygen atoms in total. The van der Waals surface area contributed by atoms with Gasteiger partial charge in [0.1, 0.15) is 0 Å². The minimum Gasteiger partial charge on any atom is -0.378 e. The molecule has 0 aliphatic carbocycles. The van der Waals surface area contributed by atoms with Gasteiger partial charge < -0.3 is 15.5 Å². The number of benzene rings is 2. The van der Waals surface area contributed by atoms with Crippen LogP contribution in [0.4, 0.5) is 16.2 Å². The summed E-state index contributed by atoms with van der Waals surface area (Å²) in [6.45, 7) is 0.580. The highest BCUT2D eigenvalue weighted by molar-refractivity contribution is 6.30. The number of rotatable bonds is 5. The fraction of sp³-hybridized carbons (Fsp3) is 0.235. The van der Waals surface area contributed by atoms with E-state index in [0.717, 1.165) is 17.8 Å². The van der Waals surface area contributed by atoms with E-state index in [1.54, 1.807) is 24.3 Å². The SMILES string of the molecule is CN(C)c1cccc(CCNC(=O)Nc2ccc(Cl)cc2)c1. The van der Waals surface area contributed by atoms with Crippen LogP contribution in [-0.4, -0.2) is 26.7 Å². The molecule has 0 atom stereocenters. The van der Waals surface area contributed by atoms with Crippen LogP contribution in [0.3, 0.4) is 0 Å². The fourth-order valence-corrected chi connectivity index (χ4v) is 2.15. The number of carbonyl (C=O) groups excluding carboxylic acids is 1. The van der Waals surface area contributed by atoms with Gasteiger partial charge in [0.2, 0.25) is 0 Å². The topological polar surface area (TPSA) is 44.4 Å². The zero-order chi connectivity index (χ0) is 15.9. The van der Waals surface area contributed by atoms with Crippen molar-refractivity contribution >= 4 is 29.0 Å². The number of nitrogens with zero attached hydrogens (tertiary/aromatic N) is 1. The maximum atomic E-state index is 11.8. The minimum absolute atomic E-state index is 0.217. The predicted octanol–water partition coefficient (Wildman–Crippen LogP) is 3.77. The van der Waals surface area contributed by atoms with Crippen molar-refractivity contribution in [2.24, 2.45) is 0 Å². The number of urea groups is 1. The average molecular weight is 318 g/mol. The normalized spacial score (nSPS) is 10.1. The standard InChI is InChI=1S/C17H20ClN3O/c1-21(2)16-5-3-4-13(12-16)10-11-19-17(22)20-15-8-6-14(18)7-9-15/h3-9,12H,10-11H2,1-2H3,(H2,19,20,22). The Hall–Kier alpha value is -2.20. The third kappa shape index (κ3) is 4.97. The molecule has 0 saturated heterocycles. The Morgan fingerprint density at radius 2 is 1.86 bits per heavy atom. The van der Waals surface area contributed by atoms with E-state index in [0.29, 0.717) is 11.6 Å². The molecule has 0 radical (unpaired) electrons. The molecule has 0 aliphatic heterocycles. The first-order valence-electron chi connectivity index (χ1n) is 7.11. The molecule has 2 aromatic carbocycles. The van der Waals surface area contributed by atoms with E-state index in [9.17, 15) is 4.79 Å². The maximum Gasteiger partial charge on any atom is 0.319 e. The monoisotopic (exact) mass is 317 g/mol. The summed E-state index contributed by atoms with van der Waals surface area (Å²) in [5, 5.41) is 6.26. The number of hydrogen-bond donors (Lipinski definition) is 2. The minimum atomic E-state index is -0.217. The molecule has 0 fully saturated rings. The van der Waals surface area contributed by atoms with E-state index >= 15 is 0 Å². The number of nitrogens with one attached hydrogen (secondary N) is 2. The van der Waals surface area contributed by atoms with E-state index in [2.05, 4.69) is 33.7 Å². The third-order valence-electron chi connectivity index (χ3n) is 3.23. The third-order valence-corrected chi connectivity index (χ3v) is 3.48. The second-order valence-corrected chi connectivity index (χ2v) is 5.64. The van der Waals surface area contributed by atoms with Crippen LogP contribution in [-0.2, 0) is 6.42 Å². The van der Waals surface area contributed by atoms with Crippen molar-refractivity contribution in [3.63, 3.8) is 0 Å². The molecule has 2 amide bonds. The summed E-state index contributed by atoms with van der Waals surface area (Å²) in [4.78, 5) is 13.9. The molecule has 0 unspecified atom stereocenters. The molecule has 2 N–H and O–H groups in total. The first-order chi connectivity index (χ1) is 10.5.